The van der Waals surface area contributed by atoms with Crippen LogP contribution >= 0.6 is 0 Å². The van der Waals surface area contributed by atoms with E-state index in [1.54, 1.807) is 0 Å². The smallest absolute Gasteiger partial charge is 0.482 e. The van der Waals surface area contributed by atoms with Crippen LogP contribution in [-0.4, -0.2) is 18.3 Å². The number of hydrogen-bond acceptors (Lipinski definition) is 3. The van der Waals surface area contributed by atoms with Gasteiger partial charge in [-0.05, 0) is 69.8 Å². The summed E-state index contributed by atoms with van der Waals surface area (Å²) < 4.78 is 18.8. The molecular weight excluding hydrogens is 383 g/mol. The molecule has 1 saturated heterocycles. The fourth-order valence-electron chi connectivity index (χ4n) is 4.39. The molecule has 4 heteroatoms. The molecule has 2 heterocycles. The summed E-state index contributed by atoms with van der Waals surface area (Å²) in [6.45, 7) is 12.6. The van der Waals surface area contributed by atoms with Crippen LogP contribution in [0.25, 0.3) is 22.3 Å². The maximum atomic E-state index is 6.42. The summed E-state index contributed by atoms with van der Waals surface area (Å²) in [7, 11) is -0.344. The van der Waals surface area contributed by atoms with Gasteiger partial charge in [0.25, 0.3) is 0 Å². The average molecular weight is 412 g/mol. The molecule has 0 spiro atoms. The Morgan fingerprint density at radius 2 is 1.26 bits per heavy atom. The third-order valence-electron chi connectivity index (χ3n) is 6.98. The van der Waals surface area contributed by atoms with Crippen LogP contribution in [0, 0.1) is 0 Å². The minimum absolute atomic E-state index is 0.338. The Kier molecular flexibility index (Phi) is 4.41. The Labute approximate surface area is 185 Å². The van der Waals surface area contributed by atoms with Crippen LogP contribution in [0.4, 0.5) is 0 Å². The largest absolute Gasteiger partial charge is 0.494 e. The molecule has 3 nitrogen and oxygen atoms in total. The normalized spacial score (nSPS) is 20.0. The summed E-state index contributed by atoms with van der Waals surface area (Å²) in [6.07, 6.45) is 0. The first-order valence-electron chi connectivity index (χ1n) is 11.0. The lowest BCUT2D eigenvalue weighted by Gasteiger charge is -2.35. The summed E-state index contributed by atoms with van der Waals surface area (Å²) in [5, 5.41) is 0. The third-order valence-corrected chi connectivity index (χ3v) is 6.98. The van der Waals surface area contributed by atoms with Crippen LogP contribution in [0.5, 0.6) is 5.75 Å². The van der Waals surface area contributed by atoms with E-state index in [4.69, 9.17) is 14.0 Å². The van der Waals surface area contributed by atoms with E-state index < -0.39 is 0 Å². The highest BCUT2D eigenvalue weighted by atomic mass is 16.7. The molecule has 0 radical (unpaired) electrons. The van der Waals surface area contributed by atoms with Crippen LogP contribution in [-0.2, 0) is 14.9 Å². The summed E-state index contributed by atoms with van der Waals surface area (Å²) >= 11 is 0. The standard InChI is InChI=1S/C27H29BO3/c1-25(2)23-10-8-7-9-21(23)22-16-13-19(17-24(22)29-25)18-11-14-20(15-12-18)28-30-26(3,4)27(5,6)31-28/h7-17H,1-6H3. The van der Waals surface area contributed by atoms with Gasteiger partial charge >= 0.3 is 7.12 Å². The molecule has 0 N–H and O–H groups in total. The highest BCUT2D eigenvalue weighted by Crippen LogP contribution is 2.46. The average Bonchev–Trinajstić information content (AvgIpc) is 2.95. The van der Waals surface area contributed by atoms with E-state index in [2.05, 4.69) is 108 Å². The van der Waals surface area contributed by atoms with Crippen molar-refractivity contribution in [2.24, 2.45) is 0 Å². The zero-order valence-corrected chi connectivity index (χ0v) is 19.2. The number of ether oxygens (including phenoxy) is 1. The molecular formula is C27H29BO3. The van der Waals surface area contributed by atoms with E-state index in [1.165, 1.54) is 11.1 Å². The van der Waals surface area contributed by atoms with Crippen molar-refractivity contribution in [1.29, 1.82) is 0 Å². The second-order valence-electron chi connectivity index (χ2n) is 10.1. The van der Waals surface area contributed by atoms with Gasteiger partial charge in [-0.1, -0.05) is 60.7 Å². The van der Waals surface area contributed by atoms with Crippen molar-refractivity contribution in [1.82, 2.24) is 0 Å². The molecule has 3 aromatic rings. The summed E-state index contributed by atoms with van der Waals surface area (Å²) in [4.78, 5) is 0. The van der Waals surface area contributed by atoms with E-state index in [0.29, 0.717) is 0 Å². The summed E-state index contributed by atoms with van der Waals surface area (Å²) in [5.41, 5.74) is 5.89. The molecule has 0 atom stereocenters. The van der Waals surface area contributed by atoms with Gasteiger partial charge in [0.1, 0.15) is 11.4 Å². The highest BCUT2D eigenvalue weighted by Gasteiger charge is 2.51. The Morgan fingerprint density at radius 3 is 1.94 bits per heavy atom. The number of rotatable bonds is 2. The molecule has 0 aromatic heterocycles. The lowest BCUT2D eigenvalue weighted by atomic mass is 9.78. The Balaban J connectivity index is 1.46. The van der Waals surface area contributed by atoms with Crippen LogP contribution in [0.1, 0.15) is 47.1 Å². The molecule has 0 saturated carbocycles. The fraction of sp³-hybridized carbons (Fsp3) is 0.333. The Bertz CT molecular complexity index is 1130. The predicted octanol–water partition coefficient (Wildman–Crippen LogP) is 5.95. The first kappa shape index (κ1) is 20.4. The molecule has 31 heavy (non-hydrogen) atoms. The van der Waals surface area contributed by atoms with Crippen molar-refractivity contribution in [3.05, 3.63) is 72.3 Å². The zero-order valence-electron chi connectivity index (χ0n) is 19.2. The monoisotopic (exact) mass is 412 g/mol. The van der Waals surface area contributed by atoms with Gasteiger partial charge in [-0.2, -0.15) is 0 Å². The lowest BCUT2D eigenvalue weighted by molar-refractivity contribution is 0.00578. The highest BCUT2D eigenvalue weighted by molar-refractivity contribution is 6.62. The van der Waals surface area contributed by atoms with Crippen molar-refractivity contribution >= 4 is 12.6 Å². The third kappa shape index (κ3) is 3.29. The first-order valence-corrected chi connectivity index (χ1v) is 11.0. The minimum Gasteiger partial charge on any atom is -0.482 e. The molecule has 5 rings (SSSR count). The maximum absolute atomic E-state index is 6.42. The van der Waals surface area contributed by atoms with E-state index in [0.717, 1.165) is 27.9 Å². The Hall–Kier alpha value is -2.56. The number of fused-ring (bicyclic) bond motifs is 3. The molecule has 158 valence electrons. The van der Waals surface area contributed by atoms with E-state index in [9.17, 15) is 0 Å². The van der Waals surface area contributed by atoms with Crippen molar-refractivity contribution in [2.45, 2.75) is 58.3 Å². The van der Waals surface area contributed by atoms with E-state index >= 15 is 0 Å². The maximum Gasteiger partial charge on any atom is 0.494 e. The second-order valence-corrected chi connectivity index (χ2v) is 10.1. The molecule has 0 aliphatic carbocycles. The van der Waals surface area contributed by atoms with Gasteiger partial charge in [-0.25, -0.2) is 0 Å². The Morgan fingerprint density at radius 1 is 0.645 bits per heavy atom. The zero-order chi connectivity index (χ0) is 22.0. The van der Waals surface area contributed by atoms with Crippen LogP contribution < -0.4 is 10.2 Å². The van der Waals surface area contributed by atoms with Gasteiger partial charge in [-0.3, -0.25) is 0 Å². The van der Waals surface area contributed by atoms with Crippen molar-refractivity contribution in [3.8, 4) is 28.0 Å². The van der Waals surface area contributed by atoms with Crippen LogP contribution in [0.15, 0.2) is 66.7 Å². The molecule has 2 aliphatic rings. The van der Waals surface area contributed by atoms with Gasteiger partial charge in [-0.15, -0.1) is 0 Å². The van der Waals surface area contributed by atoms with Gasteiger partial charge in [0.05, 0.1) is 11.2 Å². The molecule has 0 unspecified atom stereocenters. The van der Waals surface area contributed by atoms with Crippen molar-refractivity contribution < 1.29 is 14.0 Å². The fourth-order valence-corrected chi connectivity index (χ4v) is 4.39. The molecule has 0 amide bonds. The SMILES string of the molecule is CC1(C)Oc2cc(-c3ccc(B4OC(C)(C)C(C)(C)O4)cc3)ccc2-c2ccccc21. The van der Waals surface area contributed by atoms with E-state index in [1.807, 2.05) is 0 Å². The predicted molar refractivity (Wildman–Crippen MR) is 127 cm³/mol. The van der Waals surface area contributed by atoms with Gasteiger partial charge in [0.15, 0.2) is 0 Å². The first-order chi connectivity index (χ1) is 14.6. The molecule has 2 aliphatic heterocycles. The van der Waals surface area contributed by atoms with Gasteiger partial charge in [0.2, 0.25) is 0 Å². The second kappa shape index (κ2) is 6.72. The van der Waals surface area contributed by atoms with Crippen LogP contribution in [0.3, 0.4) is 0 Å². The molecule has 1 fully saturated rings. The molecule has 0 bridgehead atoms. The summed E-state index contributed by atoms with van der Waals surface area (Å²) in [6, 6.07) is 23.4. The number of hydrogen-bond donors (Lipinski definition) is 0. The minimum atomic E-state index is -0.358. The van der Waals surface area contributed by atoms with Gasteiger partial charge < -0.3 is 14.0 Å². The molecule has 3 aromatic carbocycles. The summed E-state index contributed by atoms with van der Waals surface area (Å²) in [5.74, 6) is 0.927. The topological polar surface area (TPSA) is 27.7 Å². The quantitative estimate of drug-likeness (QED) is 0.487. The van der Waals surface area contributed by atoms with E-state index in [-0.39, 0.29) is 23.9 Å². The van der Waals surface area contributed by atoms with Gasteiger partial charge in [0, 0.05) is 11.1 Å². The van der Waals surface area contributed by atoms with Crippen molar-refractivity contribution in [2.75, 3.05) is 0 Å². The van der Waals surface area contributed by atoms with Crippen LogP contribution in [0.2, 0.25) is 0 Å². The lowest BCUT2D eigenvalue weighted by Crippen LogP contribution is -2.41. The number of benzene rings is 3. The van der Waals surface area contributed by atoms with Crippen molar-refractivity contribution in [3.63, 3.8) is 0 Å².